The lowest BCUT2D eigenvalue weighted by Crippen LogP contribution is -2.29. The maximum Gasteiger partial charge on any atom is 0.255 e. The molecule has 0 saturated carbocycles. The Kier molecular flexibility index (Phi) is 4.09. The molecule has 1 unspecified atom stereocenters. The Hall–Kier alpha value is -1.42. The molecule has 4 heteroatoms. The van der Waals surface area contributed by atoms with Crippen molar-refractivity contribution in [1.29, 1.82) is 0 Å². The molecule has 1 aromatic heterocycles. The number of hydrogen-bond donors (Lipinski definition) is 1. The minimum Gasteiger partial charge on any atom is -0.338 e. The molecule has 1 N–H and O–H groups in total. The average Bonchev–Trinajstić information content (AvgIpc) is 2.85. The van der Waals surface area contributed by atoms with Gasteiger partial charge in [0.05, 0.1) is 5.56 Å². The van der Waals surface area contributed by atoms with Crippen LogP contribution in [0.25, 0.3) is 0 Å². The van der Waals surface area contributed by atoms with E-state index < -0.39 is 0 Å². The number of nitrogens with one attached hydrogen (secondary N) is 1. The maximum atomic E-state index is 12.1. The lowest BCUT2D eigenvalue weighted by molar-refractivity contribution is 0.0786. The summed E-state index contributed by atoms with van der Waals surface area (Å²) < 4.78 is 0. The van der Waals surface area contributed by atoms with Crippen LogP contribution in [0.3, 0.4) is 0 Å². The van der Waals surface area contributed by atoms with Gasteiger partial charge in [-0.1, -0.05) is 0 Å². The van der Waals surface area contributed by atoms with Gasteiger partial charge in [-0.25, -0.2) is 0 Å². The van der Waals surface area contributed by atoms with Gasteiger partial charge in [0, 0.05) is 25.5 Å². The summed E-state index contributed by atoms with van der Waals surface area (Å²) in [6.45, 7) is 2.79. The molecule has 2 heterocycles. The molecule has 1 aliphatic heterocycles. The first-order chi connectivity index (χ1) is 8.31. The maximum absolute atomic E-state index is 12.1. The molecule has 1 atom stereocenters. The van der Waals surface area contributed by atoms with Gasteiger partial charge in [0.15, 0.2) is 0 Å². The Bertz CT molecular complexity index is 366. The molecule has 0 radical (unpaired) electrons. The fourth-order valence-corrected chi connectivity index (χ4v) is 2.27. The average molecular weight is 233 g/mol. The van der Waals surface area contributed by atoms with Crippen LogP contribution in [-0.2, 0) is 0 Å². The van der Waals surface area contributed by atoms with E-state index in [9.17, 15) is 4.79 Å². The minimum absolute atomic E-state index is 0.116. The molecule has 1 amide bonds. The fourth-order valence-electron chi connectivity index (χ4n) is 2.27. The zero-order valence-electron chi connectivity index (χ0n) is 10.2. The Balaban J connectivity index is 1.90. The van der Waals surface area contributed by atoms with Gasteiger partial charge < -0.3 is 10.2 Å². The quantitative estimate of drug-likeness (QED) is 0.848. The van der Waals surface area contributed by atoms with E-state index in [1.165, 1.54) is 0 Å². The van der Waals surface area contributed by atoms with Crippen molar-refractivity contribution in [1.82, 2.24) is 15.2 Å². The van der Waals surface area contributed by atoms with E-state index in [0.29, 0.717) is 11.5 Å². The van der Waals surface area contributed by atoms with Gasteiger partial charge in [-0.2, -0.15) is 0 Å². The molecule has 4 nitrogen and oxygen atoms in total. The van der Waals surface area contributed by atoms with Gasteiger partial charge in [-0.05, 0) is 44.5 Å². The predicted octanol–water partition coefficient (Wildman–Crippen LogP) is 1.15. The van der Waals surface area contributed by atoms with Crippen LogP contribution in [0.4, 0.5) is 0 Å². The van der Waals surface area contributed by atoms with Crippen molar-refractivity contribution in [2.75, 3.05) is 26.7 Å². The molecule has 1 saturated heterocycles. The van der Waals surface area contributed by atoms with E-state index >= 15 is 0 Å². The predicted molar refractivity (Wildman–Crippen MR) is 66.8 cm³/mol. The van der Waals surface area contributed by atoms with Crippen LogP contribution in [-0.4, -0.2) is 42.5 Å². The smallest absolute Gasteiger partial charge is 0.255 e. The Morgan fingerprint density at radius 2 is 2.53 bits per heavy atom. The molecule has 1 aliphatic rings. The second-order valence-electron chi connectivity index (χ2n) is 4.54. The molecular formula is C13H19N3O. The van der Waals surface area contributed by atoms with Crippen LogP contribution in [0, 0.1) is 5.92 Å². The lowest BCUT2D eigenvalue weighted by atomic mass is 10.1. The van der Waals surface area contributed by atoms with Crippen molar-refractivity contribution < 1.29 is 4.79 Å². The first kappa shape index (κ1) is 12.0. The van der Waals surface area contributed by atoms with Crippen molar-refractivity contribution in [3.63, 3.8) is 0 Å². The normalized spacial score (nSPS) is 19.6. The van der Waals surface area contributed by atoms with Crippen LogP contribution in [0.15, 0.2) is 24.5 Å². The van der Waals surface area contributed by atoms with Crippen LogP contribution >= 0.6 is 0 Å². The van der Waals surface area contributed by atoms with E-state index in [1.807, 2.05) is 24.1 Å². The van der Waals surface area contributed by atoms with Crippen molar-refractivity contribution >= 4 is 5.91 Å². The molecule has 0 aliphatic carbocycles. The van der Waals surface area contributed by atoms with Gasteiger partial charge in [0.2, 0.25) is 0 Å². The van der Waals surface area contributed by atoms with Gasteiger partial charge in [0.1, 0.15) is 0 Å². The van der Waals surface area contributed by atoms with E-state index in [4.69, 9.17) is 0 Å². The SMILES string of the molecule is CNCCC1CCN(C(=O)c2cccnc2)C1. The highest BCUT2D eigenvalue weighted by atomic mass is 16.2. The monoisotopic (exact) mass is 233 g/mol. The van der Waals surface area contributed by atoms with E-state index in [2.05, 4.69) is 10.3 Å². The third-order valence-corrected chi connectivity index (χ3v) is 3.28. The number of likely N-dealkylation sites (tertiary alicyclic amines) is 1. The number of hydrogen-bond acceptors (Lipinski definition) is 3. The summed E-state index contributed by atoms with van der Waals surface area (Å²) in [7, 11) is 1.97. The third-order valence-electron chi connectivity index (χ3n) is 3.28. The van der Waals surface area contributed by atoms with E-state index in [0.717, 1.165) is 32.5 Å². The molecule has 0 spiro atoms. The largest absolute Gasteiger partial charge is 0.338 e. The fraction of sp³-hybridized carbons (Fsp3) is 0.538. The number of nitrogens with zero attached hydrogens (tertiary/aromatic N) is 2. The van der Waals surface area contributed by atoms with E-state index in [-0.39, 0.29) is 5.91 Å². The van der Waals surface area contributed by atoms with E-state index in [1.54, 1.807) is 12.4 Å². The first-order valence-electron chi connectivity index (χ1n) is 6.15. The number of carbonyl (C=O) groups is 1. The molecule has 0 aromatic carbocycles. The highest BCUT2D eigenvalue weighted by molar-refractivity contribution is 5.94. The Labute approximate surface area is 102 Å². The summed E-state index contributed by atoms with van der Waals surface area (Å²) in [5, 5.41) is 3.16. The summed E-state index contributed by atoms with van der Waals surface area (Å²) in [6, 6.07) is 3.64. The van der Waals surface area contributed by atoms with Crippen LogP contribution < -0.4 is 5.32 Å². The van der Waals surface area contributed by atoms with Crippen LogP contribution in [0.1, 0.15) is 23.2 Å². The highest BCUT2D eigenvalue weighted by Gasteiger charge is 2.26. The summed E-state index contributed by atoms with van der Waals surface area (Å²) in [6.07, 6.45) is 5.60. The van der Waals surface area contributed by atoms with Crippen LogP contribution in [0.2, 0.25) is 0 Å². The van der Waals surface area contributed by atoms with Crippen molar-refractivity contribution in [3.8, 4) is 0 Å². The molecule has 2 rings (SSSR count). The van der Waals surface area contributed by atoms with Gasteiger partial charge in [-0.3, -0.25) is 9.78 Å². The van der Waals surface area contributed by atoms with Crippen molar-refractivity contribution in [2.24, 2.45) is 5.92 Å². The molecule has 92 valence electrons. The molecule has 1 aromatic rings. The molecule has 17 heavy (non-hydrogen) atoms. The second-order valence-corrected chi connectivity index (χ2v) is 4.54. The molecule has 0 bridgehead atoms. The summed E-state index contributed by atoms with van der Waals surface area (Å²) >= 11 is 0. The van der Waals surface area contributed by atoms with Crippen molar-refractivity contribution in [2.45, 2.75) is 12.8 Å². The van der Waals surface area contributed by atoms with Gasteiger partial charge in [-0.15, -0.1) is 0 Å². The lowest BCUT2D eigenvalue weighted by Gasteiger charge is -2.16. The number of amides is 1. The standard InChI is InChI=1S/C13H19N3O/c1-14-7-4-11-5-8-16(10-11)13(17)12-3-2-6-15-9-12/h2-3,6,9,11,14H,4-5,7-8,10H2,1H3. The second kappa shape index (κ2) is 5.77. The van der Waals surface area contributed by atoms with Crippen LogP contribution in [0.5, 0.6) is 0 Å². The minimum atomic E-state index is 0.116. The number of aromatic nitrogens is 1. The molecule has 1 fully saturated rings. The Morgan fingerprint density at radius 3 is 3.24 bits per heavy atom. The number of rotatable bonds is 4. The van der Waals surface area contributed by atoms with Crippen molar-refractivity contribution in [3.05, 3.63) is 30.1 Å². The first-order valence-corrected chi connectivity index (χ1v) is 6.15. The topological polar surface area (TPSA) is 45.2 Å². The molecular weight excluding hydrogens is 214 g/mol. The summed E-state index contributed by atoms with van der Waals surface area (Å²) in [4.78, 5) is 18.1. The number of carbonyl (C=O) groups excluding carboxylic acids is 1. The van der Waals surface area contributed by atoms with Gasteiger partial charge in [0.25, 0.3) is 5.91 Å². The van der Waals surface area contributed by atoms with Gasteiger partial charge >= 0.3 is 0 Å². The zero-order chi connectivity index (χ0) is 12.1. The number of pyridine rings is 1. The highest BCUT2D eigenvalue weighted by Crippen LogP contribution is 2.20. The third kappa shape index (κ3) is 3.03. The summed E-state index contributed by atoms with van der Waals surface area (Å²) in [5.74, 6) is 0.758. The zero-order valence-corrected chi connectivity index (χ0v) is 10.2. The summed E-state index contributed by atoms with van der Waals surface area (Å²) in [5.41, 5.74) is 0.696. The Morgan fingerprint density at radius 1 is 1.65 bits per heavy atom.